The van der Waals surface area contributed by atoms with Crippen LogP contribution in [0.2, 0.25) is 0 Å². The fourth-order valence-electron chi connectivity index (χ4n) is 3.36. The molecule has 0 amide bonds. The highest BCUT2D eigenvalue weighted by molar-refractivity contribution is 14.0. The SMILES string of the molecule is CCNC(=NCc1coc(-c2ccccc2)n1)NC1CN(C(C)C)CC1C.I. The van der Waals surface area contributed by atoms with Crippen molar-refractivity contribution in [2.24, 2.45) is 10.9 Å². The van der Waals surface area contributed by atoms with Crippen LogP contribution in [0, 0.1) is 5.92 Å². The Morgan fingerprint density at radius 2 is 2.04 bits per heavy atom. The maximum Gasteiger partial charge on any atom is 0.226 e. The van der Waals surface area contributed by atoms with Crippen LogP contribution in [0.1, 0.15) is 33.4 Å². The number of guanidine groups is 1. The number of oxazole rings is 1. The van der Waals surface area contributed by atoms with Crippen LogP contribution in [0.15, 0.2) is 46.0 Å². The predicted octanol–water partition coefficient (Wildman–Crippen LogP) is 3.74. The number of hydrogen-bond acceptors (Lipinski definition) is 4. The van der Waals surface area contributed by atoms with Gasteiger partial charge in [-0.1, -0.05) is 25.1 Å². The molecule has 0 spiro atoms. The van der Waals surface area contributed by atoms with E-state index in [1.54, 1.807) is 6.26 Å². The zero-order valence-electron chi connectivity index (χ0n) is 17.2. The van der Waals surface area contributed by atoms with E-state index in [4.69, 9.17) is 9.41 Å². The Morgan fingerprint density at radius 1 is 1.29 bits per heavy atom. The summed E-state index contributed by atoms with van der Waals surface area (Å²) in [5.74, 6) is 2.06. The quantitative estimate of drug-likeness (QED) is 0.362. The summed E-state index contributed by atoms with van der Waals surface area (Å²) in [6.07, 6.45) is 1.69. The summed E-state index contributed by atoms with van der Waals surface area (Å²) in [5.41, 5.74) is 1.81. The van der Waals surface area contributed by atoms with Crippen molar-refractivity contribution in [1.82, 2.24) is 20.5 Å². The second-order valence-corrected chi connectivity index (χ2v) is 7.48. The molecule has 2 heterocycles. The average molecular weight is 497 g/mol. The third kappa shape index (κ3) is 5.94. The highest BCUT2D eigenvalue weighted by atomic mass is 127. The van der Waals surface area contributed by atoms with E-state index in [0.29, 0.717) is 30.4 Å². The van der Waals surface area contributed by atoms with E-state index in [0.717, 1.165) is 36.9 Å². The monoisotopic (exact) mass is 497 g/mol. The van der Waals surface area contributed by atoms with Gasteiger partial charge in [0.1, 0.15) is 12.0 Å². The molecule has 1 saturated heterocycles. The Morgan fingerprint density at radius 3 is 2.68 bits per heavy atom. The van der Waals surface area contributed by atoms with Gasteiger partial charge in [-0.2, -0.15) is 0 Å². The van der Waals surface area contributed by atoms with Gasteiger partial charge in [0.05, 0.1) is 6.54 Å². The maximum absolute atomic E-state index is 5.61. The van der Waals surface area contributed by atoms with Crippen molar-refractivity contribution in [1.29, 1.82) is 0 Å². The fraction of sp³-hybridized carbons (Fsp3) is 0.524. The lowest BCUT2D eigenvalue weighted by atomic mass is 10.1. The van der Waals surface area contributed by atoms with Gasteiger partial charge in [-0.25, -0.2) is 9.98 Å². The largest absolute Gasteiger partial charge is 0.444 e. The number of benzene rings is 1. The molecular weight excluding hydrogens is 465 g/mol. The summed E-state index contributed by atoms with van der Waals surface area (Å²) in [5, 5.41) is 6.94. The first-order chi connectivity index (χ1) is 13.1. The normalized spacial score (nSPS) is 20.2. The van der Waals surface area contributed by atoms with Gasteiger partial charge in [0.15, 0.2) is 5.96 Å². The molecule has 2 aromatic rings. The number of halogens is 1. The standard InChI is InChI=1S/C21H31N5O.HI/c1-5-22-21(25-19-13-26(15(2)3)12-16(19)4)23-11-18-14-27-20(24-18)17-9-7-6-8-10-17;/h6-10,14-16,19H,5,11-13H2,1-4H3,(H2,22,23,25);1H. The van der Waals surface area contributed by atoms with Gasteiger partial charge in [-0.3, -0.25) is 4.90 Å². The Labute approximate surface area is 185 Å². The Hall–Kier alpha value is -1.61. The molecule has 1 aliphatic heterocycles. The van der Waals surface area contributed by atoms with Crippen molar-refractivity contribution in [3.63, 3.8) is 0 Å². The van der Waals surface area contributed by atoms with Crippen molar-refractivity contribution < 1.29 is 4.42 Å². The van der Waals surface area contributed by atoms with E-state index >= 15 is 0 Å². The molecule has 0 saturated carbocycles. The molecule has 0 radical (unpaired) electrons. The second kappa shape index (κ2) is 10.8. The Kier molecular flexibility index (Phi) is 8.75. The number of aliphatic imine (C=N–C) groups is 1. The van der Waals surface area contributed by atoms with Crippen LogP contribution >= 0.6 is 24.0 Å². The van der Waals surface area contributed by atoms with Gasteiger partial charge in [-0.15, -0.1) is 24.0 Å². The molecule has 1 fully saturated rings. The molecule has 1 aromatic heterocycles. The lowest BCUT2D eigenvalue weighted by Gasteiger charge is -2.21. The Balaban J connectivity index is 0.00000280. The van der Waals surface area contributed by atoms with Gasteiger partial charge in [-0.05, 0) is 38.8 Å². The van der Waals surface area contributed by atoms with Crippen LogP contribution in [-0.4, -0.2) is 47.6 Å². The molecule has 28 heavy (non-hydrogen) atoms. The molecule has 0 bridgehead atoms. The first-order valence-corrected chi connectivity index (χ1v) is 9.85. The zero-order chi connectivity index (χ0) is 19.2. The zero-order valence-corrected chi connectivity index (χ0v) is 19.5. The van der Waals surface area contributed by atoms with Gasteiger partial charge < -0.3 is 15.1 Å². The molecule has 2 unspecified atom stereocenters. The molecule has 3 rings (SSSR count). The fourth-order valence-corrected chi connectivity index (χ4v) is 3.36. The Bertz CT molecular complexity index is 746. The van der Waals surface area contributed by atoms with Crippen molar-refractivity contribution in [2.45, 2.75) is 46.3 Å². The predicted molar refractivity (Wildman–Crippen MR) is 125 cm³/mol. The first-order valence-electron chi connectivity index (χ1n) is 9.85. The van der Waals surface area contributed by atoms with Crippen LogP contribution in [0.3, 0.4) is 0 Å². The van der Waals surface area contributed by atoms with E-state index in [9.17, 15) is 0 Å². The summed E-state index contributed by atoms with van der Waals surface area (Å²) >= 11 is 0. The number of rotatable bonds is 6. The van der Waals surface area contributed by atoms with Crippen LogP contribution < -0.4 is 10.6 Å². The summed E-state index contributed by atoms with van der Waals surface area (Å²) in [6, 6.07) is 10.9. The van der Waals surface area contributed by atoms with E-state index in [1.807, 2.05) is 30.3 Å². The van der Waals surface area contributed by atoms with Crippen molar-refractivity contribution in [3.8, 4) is 11.5 Å². The lowest BCUT2D eigenvalue weighted by molar-refractivity contribution is 0.265. The molecule has 2 N–H and O–H groups in total. The minimum absolute atomic E-state index is 0. The molecule has 7 heteroatoms. The molecule has 154 valence electrons. The van der Waals surface area contributed by atoms with Crippen LogP contribution in [0.4, 0.5) is 0 Å². The summed E-state index contributed by atoms with van der Waals surface area (Å²) in [6.45, 7) is 12.4. The summed E-state index contributed by atoms with van der Waals surface area (Å²) in [7, 11) is 0. The summed E-state index contributed by atoms with van der Waals surface area (Å²) < 4.78 is 5.61. The average Bonchev–Trinajstić information content (AvgIpc) is 3.28. The van der Waals surface area contributed by atoms with Crippen molar-refractivity contribution in [3.05, 3.63) is 42.3 Å². The number of nitrogens with zero attached hydrogens (tertiary/aromatic N) is 3. The number of aromatic nitrogens is 1. The number of nitrogens with one attached hydrogen (secondary N) is 2. The van der Waals surface area contributed by atoms with Gasteiger partial charge >= 0.3 is 0 Å². The molecule has 2 atom stereocenters. The lowest BCUT2D eigenvalue weighted by Crippen LogP contribution is -2.46. The van der Waals surface area contributed by atoms with Gasteiger partial charge in [0, 0.05) is 37.3 Å². The maximum atomic E-state index is 5.61. The molecule has 6 nitrogen and oxygen atoms in total. The van der Waals surface area contributed by atoms with E-state index in [1.165, 1.54) is 0 Å². The molecular formula is C21H32IN5O. The number of hydrogen-bond donors (Lipinski definition) is 2. The van der Waals surface area contributed by atoms with Crippen LogP contribution in [-0.2, 0) is 6.54 Å². The van der Waals surface area contributed by atoms with E-state index < -0.39 is 0 Å². The third-order valence-corrected chi connectivity index (χ3v) is 5.01. The van der Waals surface area contributed by atoms with Gasteiger partial charge in [0.25, 0.3) is 0 Å². The third-order valence-electron chi connectivity index (χ3n) is 5.01. The second-order valence-electron chi connectivity index (χ2n) is 7.48. The first kappa shape index (κ1) is 22.7. The molecule has 1 aromatic carbocycles. The molecule has 0 aliphatic carbocycles. The van der Waals surface area contributed by atoms with Crippen LogP contribution in [0.5, 0.6) is 0 Å². The highest BCUT2D eigenvalue weighted by Crippen LogP contribution is 2.19. The highest BCUT2D eigenvalue weighted by Gasteiger charge is 2.31. The van der Waals surface area contributed by atoms with Gasteiger partial charge in [0.2, 0.25) is 5.89 Å². The minimum atomic E-state index is 0. The topological polar surface area (TPSA) is 65.7 Å². The number of likely N-dealkylation sites (tertiary alicyclic amines) is 1. The molecule has 1 aliphatic rings. The van der Waals surface area contributed by atoms with Crippen molar-refractivity contribution >= 4 is 29.9 Å². The smallest absolute Gasteiger partial charge is 0.226 e. The summed E-state index contributed by atoms with van der Waals surface area (Å²) in [4.78, 5) is 11.8. The van der Waals surface area contributed by atoms with Crippen molar-refractivity contribution in [2.75, 3.05) is 19.6 Å². The minimum Gasteiger partial charge on any atom is -0.444 e. The van der Waals surface area contributed by atoms with E-state index in [2.05, 4.69) is 48.2 Å². The van der Waals surface area contributed by atoms with E-state index in [-0.39, 0.29) is 24.0 Å². The van der Waals surface area contributed by atoms with Crippen LogP contribution in [0.25, 0.3) is 11.5 Å².